The summed E-state index contributed by atoms with van der Waals surface area (Å²) in [6, 6.07) is 5.34. The lowest BCUT2D eigenvalue weighted by Gasteiger charge is -2.07. The van der Waals surface area contributed by atoms with Crippen LogP contribution in [-0.4, -0.2) is 35.0 Å². The number of pyridine rings is 1. The Labute approximate surface area is 160 Å². The number of fused-ring (bicyclic) bond motifs is 1. The van der Waals surface area contributed by atoms with E-state index in [1.807, 2.05) is 6.92 Å². The van der Waals surface area contributed by atoms with Crippen molar-refractivity contribution in [3.63, 3.8) is 0 Å². The molecule has 0 aliphatic heterocycles. The van der Waals surface area contributed by atoms with E-state index in [-0.39, 0.29) is 12.5 Å². The Bertz CT molecular complexity index is 1010. The monoisotopic (exact) mass is 387 g/mol. The van der Waals surface area contributed by atoms with Gasteiger partial charge in [0.2, 0.25) is 0 Å². The van der Waals surface area contributed by atoms with Gasteiger partial charge in [-0.15, -0.1) is 11.3 Å². The van der Waals surface area contributed by atoms with E-state index in [9.17, 15) is 9.59 Å². The van der Waals surface area contributed by atoms with E-state index in [2.05, 4.69) is 10.3 Å². The van der Waals surface area contributed by atoms with Gasteiger partial charge in [0.15, 0.2) is 11.4 Å². The SMILES string of the molecule is CCOC(=O)c1cc(CC)sc1NC(=O)c1c(C)nc2c(OC)cccn12. The quantitative estimate of drug-likeness (QED) is 0.652. The van der Waals surface area contributed by atoms with Gasteiger partial charge in [0.05, 0.1) is 25.0 Å². The Morgan fingerprint density at radius 1 is 1.33 bits per heavy atom. The maximum atomic E-state index is 13.0. The van der Waals surface area contributed by atoms with Crippen molar-refractivity contribution in [3.8, 4) is 5.75 Å². The molecule has 0 saturated carbocycles. The Morgan fingerprint density at radius 3 is 2.78 bits per heavy atom. The highest BCUT2D eigenvalue weighted by Gasteiger charge is 2.23. The lowest BCUT2D eigenvalue weighted by Crippen LogP contribution is -2.17. The molecular formula is C19H21N3O4S. The number of aromatic nitrogens is 2. The average Bonchev–Trinajstić information content (AvgIpc) is 3.21. The molecule has 3 aromatic rings. The topological polar surface area (TPSA) is 81.9 Å². The van der Waals surface area contributed by atoms with Crippen molar-refractivity contribution in [1.29, 1.82) is 0 Å². The number of rotatable bonds is 6. The van der Waals surface area contributed by atoms with Gasteiger partial charge in [-0.3, -0.25) is 9.20 Å². The standard InChI is InChI=1S/C19H21N3O4S/c1-5-12-10-13(19(24)26-6-2)18(27-12)21-17(23)15-11(3)20-16-14(25-4)8-7-9-22(15)16/h7-10H,5-6H2,1-4H3,(H,21,23). The number of methoxy groups -OCH3 is 1. The van der Waals surface area contributed by atoms with Gasteiger partial charge in [-0.1, -0.05) is 6.92 Å². The molecule has 0 radical (unpaired) electrons. The summed E-state index contributed by atoms with van der Waals surface area (Å²) < 4.78 is 12.1. The highest BCUT2D eigenvalue weighted by atomic mass is 32.1. The normalized spacial score (nSPS) is 10.8. The molecule has 0 aliphatic rings. The first-order valence-electron chi connectivity index (χ1n) is 8.62. The molecule has 0 aromatic carbocycles. The van der Waals surface area contributed by atoms with E-state index in [1.54, 1.807) is 49.8 Å². The fraction of sp³-hybridized carbons (Fsp3) is 0.316. The second-order valence-electron chi connectivity index (χ2n) is 5.80. The van der Waals surface area contributed by atoms with Crippen molar-refractivity contribution in [2.24, 2.45) is 0 Å². The maximum Gasteiger partial charge on any atom is 0.341 e. The molecule has 8 heteroatoms. The molecule has 7 nitrogen and oxygen atoms in total. The lowest BCUT2D eigenvalue weighted by atomic mass is 10.2. The smallest absolute Gasteiger partial charge is 0.341 e. The van der Waals surface area contributed by atoms with Crippen LogP contribution < -0.4 is 10.1 Å². The largest absolute Gasteiger partial charge is 0.493 e. The second kappa shape index (κ2) is 7.79. The first kappa shape index (κ1) is 18.9. The molecule has 0 aliphatic carbocycles. The van der Waals surface area contributed by atoms with Crippen LogP contribution in [0.1, 0.15) is 45.3 Å². The van der Waals surface area contributed by atoms with Crippen molar-refractivity contribution in [2.75, 3.05) is 19.0 Å². The Hall–Kier alpha value is -2.87. The number of nitrogens with one attached hydrogen (secondary N) is 1. The second-order valence-corrected chi connectivity index (χ2v) is 6.94. The minimum Gasteiger partial charge on any atom is -0.493 e. The molecular weight excluding hydrogens is 366 g/mol. The fourth-order valence-electron chi connectivity index (χ4n) is 2.82. The van der Waals surface area contributed by atoms with E-state index in [4.69, 9.17) is 9.47 Å². The van der Waals surface area contributed by atoms with Crippen LogP contribution in [0.5, 0.6) is 5.75 Å². The van der Waals surface area contributed by atoms with Crippen LogP contribution in [0.4, 0.5) is 5.00 Å². The first-order chi connectivity index (χ1) is 13.0. The molecule has 142 valence electrons. The summed E-state index contributed by atoms with van der Waals surface area (Å²) in [5.74, 6) is -0.208. The van der Waals surface area contributed by atoms with E-state index in [0.29, 0.717) is 33.3 Å². The Morgan fingerprint density at radius 2 is 2.11 bits per heavy atom. The van der Waals surface area contributed by atoms with Crippen LogP contribution in [0.2, 0.25) is 0 Å². The molecule has 27 heavy (non-hydrogen) atoms. The molecule has 0 bridgehead atoms. The number of thiophene rings is 1. The van der Waals surface area contributed by atoms with Crippen molar-refractivity contribution < 1.29 is 19.1 Å². The predicted molar refractivity (Wildman–Crippen MR) is 104 cm³/mol. The molecule has 3 heterocycles. The summed E-state index contributed by atoms with van der Waals surface area (Å²) in [7, 11) is 1.56. The third-order valence-corrected chi connectivity index (χ3v) is 5.27. The number of nitrogens with zero attached hydrogens (tertiary/aromatic N) is 2. The van der Waals surface area contributed by atoms with Gasteiger partial charge in [-0.05, 0) is 38.5 Å². The molecule has 0 atom stereocenters. The molecule has 0 spiro atoms. The van der Waals surface area contributed by atoms with Gasteiger partial charge in [0.25, 0.3) is 5.91 Å². The minimum absolute atomic E-state index is 0.273. The molecule has 0 saturated heterocycles. The zero-order valence-electron chi connectivity index (χ0n) is 15.7. The highest BCUT2D eigenvalue weighted by molar-refractivity contribution is 7.16. The van der Waals surface area contributed by atoms with Crippen molar-refractivity contribution in [1.82, 2.24) is 9.38 Å². The number of hydrogen-bond donors (Lipinski definition) is 1. The van der Waals surface area contributed by atoms with E-state index >= 15 is 0 Å². The summed E-state index contributed by atoms with van der Waals surface area (Å²) >= 11 is 1.37. The van der Waals surface area contributed by atoms with Gasteiger partial charge >= 0.3 is 5.97 Å². The van der Waals surface area contributed by atoms with Crippen LogP contribution in [0.3, 0.4) is 0 Å². The van der Waals surface area contributed by atoms with Crippen molar-refractivity contribution in [3.05, 3.63) is 46.2 Å². The first-order valence-corrected chi connectivity index (χ1v) is 9.44. The molecule has 3 aromatic heterocycles. The lowest BCUT2D eigenvalue weighted by molar-refractivity contribution is 0.0528. The van der Waals surface area contributed by atoms with Crippen LogP contribution in [0.25, 0.3) is 5.65 Å². The zero-order chi connectivity index (χ0) is 19.6. The molecule has 1 N–H and O–H groups in total. The summed E-state index contributed by atoms with van der Waals surface area (Å²) in [5.41, 5.74) is 1.90. The summed E-state index contributed by atoms with van der Waals surface area (Å²) in [5, 5.41) is 3.33. The number of aryl methyl sites for hydroxylation is 2. The van der Waals surface area contributed by atoms with Crippen molar-refractivity contribution in [2.45, 2.75) is 27.2 Å². The highest BCUT2D eigenvalue weighted by Crippen LogP contribution is 2.30. The van der Waals surface area contributed by atoms with E-state index in [1.165, 1.54) is 11.3 Å². The molecule has 0 unspecified atom stereocenters. The third kappa shape index (κ3) is 3.52. The molecule has 3 rings (SSSR count). The third-order valence-electron chi connectivity index (χ3n) is 4.08. The number of ether oxygens (including phenoxy) is 2. The summed E-state index contributed by atoms with van der Waals surface area (Å²) in [6.45, 7) is 5.78. The number of imidazole rings is 1. The van der Waals surface area contributed by atoms with E-state index in [0.717, 1.165) is 11.3 Å². The van der Waals surface area contributed by atoms with Gasteiger partial charge in [0.1, 0.15) is 10.7 Å². The predicted octanol–water partition coefficient (Wildman–Crippen LogP) is 3.70. The number of hydrogen-bond acceptors (Lipinski definition) is 6. The number of esters is 1. The van der Waals surface area contributed by atoms with Crippen LogP contribution in [0.15, 0.2) is 24.4 Å². The number of carbonyl (C=O) groups is 2. The number of anilines is 1. The Balaban J connectivity index is 1.99. The van der Waals surface area contributed by atoms with Crippen LogP contribution >= 0.6 is 11.3 Å². The minimum atomic E-state index is -0.444. The average molecular weight is 387 g/mol. The zero-order valence-corrected chi connectivity index (χ0v) is 16.5. The maximum absolute atomic E-state index is 13.0. The van der Waals surface area contributed by atoms with Gasteiger partial charge in [-0.2, -0.15) is 0 Å². The van der Waals surface area contributed by atoms with E-state index < -0.39 is 5.97 Å². The molecule has 1 amide bonds. The fourth-order valence-corrected chi connectivity index (χ4v) is 3.80. The van der Waals surface area contributed by atoms with Crippen molar-refractivity contribution >= 4 is 33.9 Å². The van der Waals surface area contributed by atoms with Crippen LogP contribution in [-0.2, 0) is 11.2 Å². The Kier molecular flexibility index (Phi) is 5.46. The molecule has 0 fully saturated rings. The van der Waals surface area contributed by atoms with Crippen LogP contribution in [0, 0.1) is 6.92 Å². The number of carbonyl (C=O) groups excluding carboxylic acids is 2. The summed E-state index contributed by atoms with van der Waals surface area (Å²) in [6.07, 6.45) is 2.52. The van der Waals surface area contributed by atoms with Gasteiger partial charge < -0.3 is 14.8 Å². The van der Waals surface area contributed by atoms with Gasteiger partial charge in [-0.25, -0.2) is 9.78 Å². The number of amides is 1. The summed E-state index contributed by atoms with van der Waals surface area (Å²) in [4.78, 5) is 30.6. The van der Waals surface area contributed by atoms with Gasteiger partial charge in [0, 0.05) is 11.1 Å².